The van der Waals surface area contributed by atoms with Gasteiger partial charge in [-0.05, 0) is 52.5 Å². The minimum atomic E-state index is -0.368. The maximum Gasteiger partial charge on any atom is 0.348 e. The van der Waals surface area contributed by atoms with Crippen molar-refractivity contribution >= 4 is 5.91 Å². The SMILES string of the molecule is Cc1cc(C)n(CC(=O)NC(C)C2=CCCCC2)c(=O)n1. The van der Waals surface area contributed by atoms with Crippen molar-refractivity contribution in [2.45, 2.75) is 59.0 Å². The minimum absolute atomic E-state index is 0.0234. The van der Waals surface area contributed by atoms with Crippen LogP contribution in [0.2, 0.25) is 0 Å². The Morgan fingerprint density at radius 2 is 2.19 bits per heavy atom. The summed E-state index contributed by atoms with van der Waals surface area (Å²) in [6.45, 7) is 5.61. The third-order valence-corrected chi connectivity index (χ3v) is 3.91. The molecule has 1 heterocycles. The summed E-state index contributed by atoms with van der Waals surface area (Å²) in [7, 11) is 0. The molecular formula is C16H23N3O2. The number of carbonyl (C=O) groups excluding carboxylic acids is 1. The van der Waals surface area contributed by atoms with Gasteiger partial charge in [0.25, 0.3) is 0 Å². The number of carbonyl (C=O) groups is 1. The molecule has 21 heavy (non-hydrogen) atoms. The van der Waals surface area contributed by atoms with Crippen molar-refractivity contribution < 1.29 is 4.79 Å². The van der Waals surface area contributed by atoms with E-state index in [1.165, 1.54) is 23.0 Å². The Labute approximate surface area is 125 Å². The molecule has 0 radical (unpaired) electrons. The number of hydrogen-bond donors (Lipinski definition) is 1. The van der Waals surface area contributed by atoms with Crippen LogP contribution in [0.3, 0.4) is 0 Å². The molecule has 2 rings (SSSR count). The Morgan fingerprint density at radius 3 is 2.81 bits per heavy atom. The van der Waals surface area contributed by atoms with Crippen LogP contribution in [0.25, 0.3) is 0 Å². The lowest BCUT2D eigenvalue weighted by molar-refractivity contribution is -0.122. The lowest BCUT2D eigenvalue weighted by atomic mass is 9.95. The molecule has 0 saturated carbocycles. The number of aryl methyl sites for hydroxylation is 2. The summed E-state index contributed by atoms with van der Waals surface area (Å²) in [5, 5.41) is 2.97. The number of nitrogens with one attached hydrogen (secondary N) is 1. The number of allylic oxidation sites excluding steroid dienone is 1. The van der Waals surface area contributed by atoms with Crippen LogP contribution in [0.1, 0.15) is 44.0 Å². The first kappa shape index (κ1) is 15.5. The molecule has 1 aromatic heterocycles. The van der Waals surface area contributed by atoms with Crippen LogP contribution in [-0.4, -0.2) is 21.5 Å². The summed E-state index contributed by atoms with van der Waals surface area (Å²) >= 11 is 0. The molecule has 1 atom stereocenters. The highest BCUT2D eigenvalue weighted by molar-refractivity contribution is 5.76. The third kappa shape index (κ3) is 4.03. The zero-order valence-electron chi connectivity index (χ0n) is 13.0. The molecule has 1 aliphatic rings. The van der Waals surface area contributed by atoms with Crippen LogP contribution in [0.4, 0.5) is 0 Å². The van der Waals surface area contributed by atoms with Crippen LogP contribution in [0.5, 0.6) is 0 Å². The van der Waals surface area contributed by atoms with Gasteiger partial charge >= 0.3 is 5.69 Å². The standard InChI is InChI=1S/C16H23N3O2/c1-11-9-12(2)19(16(21)17-11)10-15(20)18-13(3)14-7-5-4-6-8-14/h7,9,13H,4-6,8,10H2,1-3H3,(H,18,20). The van der Waals surface area contributed by atoms with E-state index in [-0.39, 0.29) is 24.2 Å². The van der Waals surface area contributed by atoms with Crippen molar-refractivity contribution in [3.8, 4) is 0 Å². The first-order valence-corrected chi connectivity index (χ1v) is 7.50. The Kier molecular flexibility index (Phi) is 4.94. The van der Waals surface area contributed by atoms with Gasteiger partial charge in [0.2, 0.25) is 5.91 Å². The van der Waals surface area contributed by atoms with Gasteiger partial charge in [0.05, 0.1) is 0 Å². The summed E-state index contributed by atoms with van der Waals surface area (Å²) in [4.78, 5) is 27.8. The van der Waals surface area contributed by atoms with Crippen LogP contribution in [0.15, 0.2) is 22.5 Å². The van der Waals surface area contributed by atoms with Gasteiger partial charge in [0.15, 0.2) is 0 Å². The number of nitrogens with zero attached hydrogens (tertiary/aromatic N) is 2. The highest BCUT2D eigenvalue weighted by Crippen LogP contribution is 2.19. The highest BCUT2D eigenvalue weighted by atomic mass is 16.2. The van der Waals surface area contributed by atoms with E-state index < -0.39 is 0 Å². The molecule has 1 aromatic rings. The first-order chi connectivity index (χ1) is 9.97. The van der Waals surface area contributed by atoms with Gasteiger partial charge in [-0.2, -0.15) is 4.98 Å². The van der Waals surface area contributed by atoms with Gasteiger partial charge in [-0.1, -0.05) is 11.6 Å². The Balaban J connectivity index is 2.02. The van der Waals surface area contributed by atoms with E-state index >= 15 is 0 Å². The van der Waals surface area contributed by atoms with E-state index in [4.69, 9.17) is 0 Å². The molecule has 0 fully saturated rings. The zero-order valence-corrected chi connectivity index (χ0v) is 13.0. The second kappa shape index (κ2) is 6.70. The number of amides is 1. The molecule has 1 unspecified atom stereocenters. The lowest BCUT2D eigenvalue weighted by Crippen LogP contribution is -2.39. The largest absolute Gasteiger partial charge is 0.348 e. The number of hydrogen-bond acceptors (Lipinski definition) is 3. The topological polar surface area (TPSA) is 64.0 Å². The van der Waals surface area contributed by atoms with Crippen LogP contribution in [-0.2, 0) is 11.3 Å². The first-order valence-electron chi connectivity index (χ1n) is 7.50. The molecule has 114 valence electrons. The fourth-order valence-corrected chi connectivity index (χ4v) is 2.75. The molecule has 5 nitrogen and oxygen atoms in total. The number of rotatable bonds is 4. The third-order valence-electron chi connectivity index (χ3n) is 3.91. The van der Waals surface area contributed by atoms with E-state index in [2.05, 4.69) is 16.4 Å². The lowest BCUT2D eigenvalue weighted by Gasteiger charge is -2.21. The summed E-state index contributed by atoms with van der Waals surface area (Å²) in [6, 6.07) is 1.84. The maximum atomic E-state index is 12.1. The van der Waals surface area contributed by atoms with Gasteiger partial charge in [0, 0.05) is 17.4 Å². The monoisotopic (exact) mass is 289 g/mol. The molecule has 0 aromatic carbocycles. The predicted molar refractivity (Wildman–Crippen MR) is 82.1 cm³/mol. The Morgan fingerprint density at radius 1 is 1.43 bits per heavy atom. The zero-order chi connectivity index (χ0) is 15.4. The molecule has 0 bridgehead atoms. The summed E-state index contributed by atoms with van der Waals surface area (Å²) in [5.41, 5.74) is 2.36. The molecule has 0 spiro atoms. The summed E-state index contributed by atoms with van der Waals surface area (Å²) < 4.78 is 1.41. The second-order valence-electron chi connectivity index (χ2n) is 5.72. The fourth-order valence-electron chi connectivity index (χ4n) is 2.75. The Bertz CT molecular complexity index is 616. The van der Waals surface area contributed by atoms with E-state index in [1.54, 1.807) is 6.92 Å². The molecule has 0 aliphatic heterocycles. The highest BCUT2D eigenvalue weighted by Gasteiger charge is 2.15. The quantitative estimate of drug-likeness (QED) is 0.861. The fraction of sp³-hybridized carbons (Fsp3) is 0.562. The van der Waals surface area contributed by atoms with Crippen molar-refractivity contribution in [2.75, 3.05) is 0 Å². The van der Waals surface area contributed by atoms with Crippen molar-refractivity contribution in [1.82, 2.24) is 14.9 Å². The molecule has 1 N–H and O–H groups in total. The summed E-state index contributed by atoms with van der Waals surface area (Å²) in [6.07, 6.45) is 6.78. The summed E-state index contributed by atoms with van der Waals surface area (Å²) in [5.74, 6) is -0.148. The number of aromatic nitrogens is 2. The van der Waals surface area contributed by atoms with Crippen LogP contribution >= 0.6 is 0 Å². The average molecular weight is 289 g/mol. The van der Waals surface area contributed by atoms with Crippen LogP contribution < -0.4 is 11.0 Å². The van der Waals surface area contributed by atoms with Crippen molar-refractivity contribution in [3.05, 3.63) is 39.6 Å². The van der Waals surface area contributed by atoms with E-state index in [0.717, 1.165) is 18.5 Å². The van der Waals surface area contributed by atoms with Gasteiger partial charge in [-0.3, -0.25) is 9.36 Å². The van der Waals surface area contributed by atoms with Crippen molar-refractivity contribution in [3.63, 3.8) is 0 Å². The van der Waals surface area contributed by atoms with Gasteiger partial charge in [-0.25, -0.2) is 4.79 Å². The average Bonchev–Trinajstić information content (AvgIpc) is 2.43. The van der Waals surface area contributed by atoms with Crippen molar-refractivity contribution in [1.29, 1.82) is 0 Å². The van der Waals surface area contributed by atoms with Gasteiger partial charge < -0.3 is 5.32 Å². The van der Waals surface area contributed by atoms with E-state index in [0.29, 0.717) is 5.69 Å². The molecular weight excluding hydrogens is 266 g/mol. The normalized spacial score (nSPS) is 16.2. The smallest absolute Gasteiger partial charge is 0.348 e. The molecule has 1 aliphatic carbocycles. The van der Waals surface area contributed by atoms with Gasteiger partial charge in [0.1, 0.15) is 6.54 Å². The van der Waals surface area contributed by atoms with E-state index in [9.17, 15) is 9.59 Å². The molecule has 5 heteroatoms. The van der Waals surface area contributed by atoms with Gasteiger partial charge in [-0.15, -0.1) is 0 Å². The Hall–Kier alpha value is -1.91. The van der Waals surface area contributed by atoms with Crippen molar-refractivity contribution in [2.24, 2.45) is 0 Å². The predicted octanol–water partition coefficient (Wildman–Crippen LogP) is 1.87. The molecule has 0 saturated heterocycles. The van der Waals surface area contributed by atoms with E-state index in [1.807, 2.05) is 19.9 Å². The second-order valence-corrected chi connectivity index (χ2v) is 5.72. The molecule has 1 amide bonds. The van der Waals surface area contributed by atoms with Crippen LogP contribution in [0, 0.1) is 13.8 Å². The minimum Gasteiger partial charge on any atom is -0.348 e. The maximum absolute atomic E-state index is 12.1.